The fourth-order valence-electron chi connectivity index (χ4n) is 2.89. The molecule has 0 saturated carbocycles. The van der Waals surface area contributed by atoms with E-state index >= 15 is 0 Å². The maximum absolute atomic E-state index is 12.9. The highest BCUT2D eigenvalue weighted by molar-refractivity contribution is 6.01. The molecule has 0 radical (unpaired) electrons. The quantitative estimate of drug-likeness (QED) is 0.635. The first kappa shape index (κ1) is 20.2. The lowest BCUT2D eigenvalue weighted by Gasteiger charge is -2.09. The molecule has 0 unspecified atom stereocenters. The molecule has 1 heterocycles. The van der Waals surface area contributed by atoms with E-state index in [-0.39, 0.29) is 17.0 Å². The molecule has 0 spiro atoms. The Labute approximate surface area is 164 Å². The van der Waals surface area contributed by atoms with Crippen LogP contribution < -0.4 is 15.0 Å². The van der Waals surface area contributed by atoms with Crippen LogP contribution in [0.2, 0.25) is 0 Å². The minimum atomic E-state index is -4.79. The summed E-state index contributed by atoms with van der Waals surface area (Å²) in [7, 11) is 1.55. The number of hydrogen-bond acceptors (Lipinski definition) is 4. The Morgan fingerprint density at radius 1 is 1.10 bits per heavy atom. The second-order valence-corrected chi connectivity index (χ2v) is 6.19. The lowest BCUT2D eigenvalue weighted by molar-refractivity contribution is -0.274. The summed E-state index contributed by atoms with van der Waals surface area (Å²) in [5.41, 5.74) is 1.80. The van der Waals surface area contributed by atoms with Gasteiger partial charge in [-0.25, -0.2) is 4.68 Å². The van der Waals surface area contributed by atoms with E-state index in [1.165, 1.54) is 22.9 Å². The summed E-state index contributed by atoms with van der Waals surface area (Å²) in [5.74, 6) is 0.275. The Bertz CT molecular complexity index is 1100. The lowest BCUT2D eigenvalue weighted by Crippen LogP contribution is -2.19. The molecule has 0 aliphatic heterocycles. The normalized spacial score (nSPS) is 12.1. The summed E-state index contributed by atoms with van der Waals surface area (Å²) in [6.07, 6.45) is -4.79. The summed E-state index contributed by atoms with van der Waals surface area (Å²) in [6, 6.07) is 12.2. The molecule has 0 saturated heterocycles. The molecule has 9 heteroatoms. The van der Waals surface area contributed by atoms with Gasteiger partial charge >= 0.3 is 6.36 Å². The molecular formula is C20H18F3N3O3. The number of nitrogens with zero attached hydrogens (tertiary/aromatic N) is 2. The Balaban J connectivity index is 1.95. The second-order valence-electron chi connectivity index (χ2n) is 6.19. The highest BCUT2D eigenvalue weighted by Crippen LogP contribution is 2.26. The Kier molecular flexibility index (Phi) is 5.49. The predicted molar refractivity (Wildman–Crippen MR) is 103 cm³/mol. The van der Waals surface area contributed by atoms with Gasteiger partial charge < -0.3 is 9.47 Å². The number of alkyl halides is 3. The topological polar surface area (TPSA) is 68.6 Å². The van der Waals surface area contributed by atoms with Gasteiger partial charge in [0, 0.05) is 11.8 Å². The molecule has 2 aromatic carbocycles. The third-order valence-electron chi connectivity index (χ3n) is 4.11. The van der Waals surface area contributed by atoms with Crippen molar-refractivity contribution in [3.63, 3.8) is 0 Å². The molecule has 152 valence electrons. The minimum absolute atomic E-state index is 0.236. The van der Waals surface area contributed by atoms with Crippen LogP contribution in [0.1, 0.15) is 18.2 Å². The average molecular weight is 405 g/mol. The number of benzene rings is 2. The Morgan fingerprint density at radius 2 is 1.79 bits per heavy atom. The summed E-state index contributed by atoms with van der Waals surface area (Å²) < 4.78 is 47.6. The summed E-state index contributed by atoms with van der Waals surface area (Å²) in [5, 5.41) is 2.98. The molecule has 3 aromatic rings. The largest absolute Gasteiger partial charge is 0.573 e. The van der Waals surface area contributed by atoms with E-state index in [2.05, 4.69) is 14.8 Å². The average Bonchev–Trinajstić information content (AvgIpc) is 2.95. The molecule has 0 aliphatic rings. The van der Waals surface area contributed by atoms with Crippen LogP contribution in [-0.2, 0) is 0 Å². The van der Waals surface area contributed by atoms with E-state index in [4.69, 9.17) is 4.74 Å². The summed E-state index contributed by atoms with van der Waals surface area (Å²) in [6.45, 7) is 3.34. The van der Waals surface area contributed by atoms with Crippen LogP contribution in [-0.4, -0.2) is 29.0 Å². The molecular weight excluding hydrogens is 387 g/mol. The molecule has 3 rings (SSSR count). The van der Waals surface area contributed by atoms with Crippen molar-refractivity contribution in [2.75, 3.05) is 7.11 Å². The van der Waals surface area contributed by atoms with Gasteiger partial charge in [-0.2, -0.15) is 0 Å². The fraction of sp³-hybridized carbons (Fsp3) is 0.200. The number of halogens is 3. The highest BCUT2D eigenvalue weighted by Gasteiger charge is 2.31. The van der Waals surface area contributed by atoms with Crippen LogP contribution in [0.15, 0.2) is 58.3 Å². The van der Waals surface area contributed by atoms with Gasteiger partial charge in [-0.1, -0.05) is 6.07 Å². The first-order chi connectivity index (χ1) is 13.7. The number of aryl methyl sites for hydroxylation is 1. The standard InChI is InChI=1S/C20H18F3N3O3/c1-12(24-14-5-4-6-17(11-14)29-20(21,22)23)18-13(2)25-26(19(18)27)15-7-9-16(28-3)10-8-15/h4-11,25H,1-3H3. The molecule has 1 N–H and O–H groups in total. The van der Waals surface area contributed by atoms with Crippen molar-refractivity contribution >= 4 is 11.4 Å². The Morgan fingerprint density at radius 3 is 2.41 bits per heavy atom. The molecule has 0 fully saturated rings. The van der Waals surface area contributed by atoms with Crippen molar-refractivity contribution in [3.05, 3.63) is 70.1 Å². The summed E-state index contributed by atoms with van der Waals surface area (Å²) >= 11 is 0. The van der Waals surface area contributed by atoms with Crippen molar-refractivity contribution in [2.45, 2.75) is 20.2 Å². The first-order valence-electron chi connectivity index (χ1n) is 8.55. The van der Waals surface area contributed by atoms with Crippen LogP contribution in [0.4, 0.5) is 18.9 Å². The molecule has 29 heavy (non-hydrogen) atoms. The van der Waals surface area contributed by atoms with Gasteiger partial charge in [0.2, 0.25) is 0 Å². The zero-order chi connectivity index (χ0) is 21.2. The van der Waals surface area contributed by atoms with E-state index < -0.39 is 6.36 Å². The SMILES string of the molecule is COc1ccc(-n2[nH]c(C)c(C(C)=Nc3cccc(OC(F)(F)F)c3)c2=O)cc1. The van der Waals surface area contributed by atoms with E-state index in [1.54, 1.807) is 45.2 Å². The molecule has 1 aromatic heterocycles. The van der Waals surface area contributed by atoms with Gasteiger partial charge in [0.1, 0.15) is 11.5 Å². The van der Waals surface area contributed by atoms with Crippen LogP contribution in [0.3, 0.4) is 0 Å². The van der Waals surface area contributed by atoms with Gasteiger partial charge in [-0.3, -0.25) is 14.9 Å². The smallest absolute Gasteiger partial charge is 0.497 e. The number of aromatic nitrogens is 2. The number of methoxy groups -OCH3 is 1. The van der Waals surface area contributed by atoms with E-state index in [1.807, 2.05) is 0 Å². The van der Waals surface area contributed by atoms with Gasteiger partial charge in [-0.15, -0.1) is 13.2 Å². The number of rotatable bonds is 5. The highest BCUT2D eigenvalue weighted by atomic mass is 19.4. The molecule has 0 aliphatic carbocycles. The Hall–Kier alpha value is -3.49. The van der Waals surface area contributed by atoms with Crippen LogP contribution >= 0.6 is 0 Å². The predicted octanol–water partition coefficient (Wildman–Crippen LogP) is 4.52. The third kappa shape index (κ3) is 4.68. The van der Waals surface area contributed by atoms with Crippen molar-refractivity contribution in [2.24, 2.45) is 4.99 Å². The first-order valence-corrected chi connectivity index (χ1v) is 8.55. The number of aliphatic imine (C=N–C) groups is 1. The van der Waals surface area contributed by atoms with E-state index in [0.29, 0.717) is 28.4 Å². The van der Waals surface area contributed by atoms with Crippen LogP contribution in [0.25, 0.3) is 5.69 Å². The number of nitrogens with one attached hydrogen (secondary N) is 1. The van der Waals surface area contributed by atoms with Crippen LogP contribution in [0, 0.1) is 6.92 Å². The molecule has 0 atom stereocenters. The van der Waals surface area contributed by atoms with Crippen molar-refractivity contribution in [3.8, 4) is 17.2 Å². The van der Waals surface area contributed by atoms with Gasteiger partial charge in [0.05, 0.1) is 29.8 Å². The zero-order valence-electron chi connectivity index (χ0n) is 15.9. The van der Waals surface area contributed by atoms with Gasteiger partial charge in [0.15, 0.2) is 0 Å². The fourth-order valence-corrected chi connectivity index (χ4v) is 2.89. The van der Waals surface area contributed by atoms with E-state index in [9.17, 15) is 18.0 Å². The van der Waals surface area contributed by atoms with E-state index in [0.717, 1.165) is 6.07 Å². The second kappa shape index (κ2) is 7.86. The molecule has 6 nitrogen and oxygen atoms in total. The van der Waals surface area contributed by atoms with Crippen molar-refractivity contribution in [1.29, 1.82) is 0 Å². The molecule has 0 amide bonds. The van der Waals surface area contributed by atoms with Gasteiger partial charge in [0.25, 0.3) is 5.56 Å². The number of hydrogen-bond donors (Lipinski definition) is 1. The maximum atomic E-state index is 12.9. The summed E-state index contributed by atoms with van der Waals surface area (Å²) in [4.78, 5) is 17.2. The maximum Gasteiger partial charge on any atom is 0.573 e. The number of ether oxygens (including phenoxy) is 2. The third-order valence-corrected chi connectivity index (χ3v) is 4.11. The lowest BCUT2D eigenvalue weighted by atomic mass is 10.1. The van der Waals surface area contributed by atoms with Gasteiger partial charge in [-0.05, 0) is 50.2 Å². The van der Waals surface area contributed by atoms with Crippen LogP contribution in [0.5, 0.6) is 11.5 Å². The number of aromatic amines is 1. The molecule has 0 bridgehead atoms. The van der Waals surface area contributed by atoms with Crippen molar-refractivity contribution in [1.82, 2.24) is 9.78 Å². The zero-order valence-corrected chi connectivity index (χ0v) is 15.9. The number of H-pyrrole nitrogens is 1. The minimum Gasteiger partial charge on any atom is -0.497 e. The van der Waals surface area contributed by atoms with Crippen molar-refractivity contribution < 1.29 is 22.6 Å². The monoisotopic (exact) mass is 405 g/mol.